The van der Waals surface area contributed by atoms with E-state index in [1.165, 1.54) is 0 Å². The van der Waals surface area contributed by atoms with Gasteiger partial charge in [-0.3, -0.25) is 4.79 Å². The van der Waals surface area contributed by atoms with Gasteiger partial charge < -0.3 is 14.2 Å². The number of nitrogens with zero attached hydrogens (tertiary/aromatic N) is 2. The molecule has 2 unspecified atom stereocenters. The van der Waals surface area contributed by atoms with Gasteiger partial charge in [0.15, 0.2) is 0 Å². The van der Waals surface area contributed by atoms with Crippen LogP contribution in [0.2, 0.25) is 0 Å². The highest BCUT2D eigenvalue weighted by Crippen LogP contribution is 2.32. The Labute approximate surface area is 107 Å². The first-order valence-electron chi connectivity index (χ1n) is 6.36. The van der Waals surface area contributed by atoms with E-state index in [1.807, 2.05) is 24.8 Å². The molecule has 1 aromatic heterocycles. The molecule has 0 spiro atoms. The second kappa shape index (κ2) is 5.52. The van der Waals surface area contributed by atoms with Crippen molar-refractivity contribution in [3.63, 3.8) is 0 Å². The number of methoxy groups -OCH3 is 1. The van der Waals surface area contributed by atoms with Gasteiger partial charge in [-0.25, -0.2) is 0 Å². The van der Waals surface area contributed by atoms with E-state index in [2.05, 4.69) is 5.16 Å². The van der Waals surface area contributed by atoms with Crippen molar-refractivity contribution >= 4 is 5.91 Å². The molecule has 1 fully saturated rings. The molecule has 100 valence electrons. The first-order chi connectivity index (χ1) is 8.63. The molecule has 1 aromatic rings. The standard InChI is InChI=1S/C13H20N2O3/c1-9(8-17-3)13(16)15-6-4-5-12(15)11-7-10(2)18-14-11/h7,9,12H,4-6,8H2,1-3H3. The van der Waals surface area contributed by atoms with Crippen molar-refractivity contribution in [2.45, 2.75) is 32.7 Å². The molecule has 18 heavy (non-hydrogen) atoms. The van der Waals surface area contributed by atoms with Crippen LogP contribution in [0.1, 0.15) is 37.3 Å². The second-order valence-corrected chi connectivity index (χ2v) is 4.91. The van der Waals surface area contributed by atoms with Crippen LogP contribution in [0.25, 0.3) is 0 Å². The molecule has 5 heteroatoms. The second-order valence-electron chi connectivity index (χ2n) is 4.91. The van der Waals surface area contributed by atoms with Gasteiger partial charge in [0.05, 0.1) is 18.6 Å². The molecule has 1 aliphatic heterocycles. The van der Waals surface area contributed by atoms with Gasteiger partial charge in [0, 0.05) is 19.7 Å². The van der Waals surface area contributed by atoms with Crippen LogP contribution in [0.4, 0.5) is 0 Å². The van der Waals surface area contributed by atoms with Crippen molar-refractivity contribution in [2.75, 3.05) is 20.3 Å². The van der Waals surface area contributed by atoms with Crippen molar-refractivity contribution in [3.8, 4) is 0 Å². The molecule has 2 rings (SSSR count). The Morgan fingerprint density at radius 3 is 3.11 bits per heavy atom. The van der Waals surface area contributed by atoms with Crippen molar-refractivity contribution < 1.29 is 14.1 Å². The Morgan fingerprint density at radius 1 is 1.72 bits per heavy atom. The fourth-order valence-electron chi connectivity index (χ4n) is 2.49. The molecule has 0 aliphatic carbocycles. The number of aromatic nitrogens is 1. The molecule has 0 aromatic carbocycles. The molecule has 5 nitrogen and oxygen atoms in total. The zero-order chi connectivity index (χ0) is 13.1. The summed E-state index contributed by atoms with van der Waals surface area (Å²) in [7, 11) is 1.62. The van der Waals surface area contributed by atoms with E-state index in [1.54, 1.807) is 7.11 Å². The van der Waals surface area contributed by atoms with Crippen LogP contribution in [0.15, 0.2) is 10.6 Å². The zero-order valence-electron chi connectivity index (χ0n) is 11.2. The summed E-state index contributed by atoms with van der Waals surface area (Å²) >= 11 is 0. The van der Waals surface area contributed by atoms with Gasteiger partial charge in [-0.2, -0.15) is 0 Å². The Morgan fingerprint density at radius 2 is 2.50 bits per heavy atom. The first kappa shape index (κ1) is 13.1. The van der Waals surface area contributed by atoms with Crippen LogP contribution in [0, 0.1) is 12.8 Å². The minimum Gasteiger partial charge on any atom is -0.384 e. The van der Waals surface area contributed by atoms with Crippen LogP contribution in [-0.4, -0.2) is 36.2 Å². The third-order valence-corrected chi connectivity index (χ3v) is 3.36. The number of aryl methyl sites for hydroxylation is 1. The van der Waals surface area contributed by atoms with Crippen LogP contribution in [0.3, 0.4) is 0 Å². The normalized spacial score (nSPS) is 21.3. The summed E-state index contributed by atoms with van der Waals surface area (Å²) in [5.41, 5.74) is 0.864. The fourth-order valence-corrected chi connectivity index (χ4v) is 2.49. The number of hydrogen-bond donors (Lipinski definition) is 0. The van der Waals surface area contributed by atoms with E-state index in [9.17, 15) is 4.79 Å². The lowest BCUT2D eigenvalue weighted by Crippen LogP contribution is -2.36. The molecule has 1 saturated heterocycles. The van der Waals surface area contributed by atoms with Gasteiger partial charge >= 0.3 is 0 Å². The number of carbonyl (C=O) groups is 1. The molecule has 0 bridgehead atoms. The largest absolute Gasteiger partial charge is 0.384 e. The topological polar surface area (TPSA) is 55.6 Å². The summed E-state index contributed by atoms with van der Waals surface area (Å²) in [6.07, 6.45) is 1.97. The molecular weight excluding hydrogens is 232 g/mol. The summed E-state index contributed by atoms with van der Waals surface area (Å²) in [5, 5.41) is 4.04. The lowest BCUT2D eigenvalue weighted by atomic mass is 10.1. The van der Waals surface area contributed by atoms with E-state index < -0.39 is 0 Å². The van der Waals surface area contributed by atoms with E-state index in [4.69, 9.17) is 9.26 Å². The van der Waals surface area contributed by atoms with Gasteiger partial charge in [0.25, 0.3) is 0 Å². The van der Waals surface area contributed by atoms with Gasteiger partial charge in [-0.15, -0.1) is 0 Å². The minimum absolute atomic E-state index is 0.0641. The van der Waals surface area contributed by atoms with Gasteiger partial charge in [-0.1, -0.05) is 12.1 Å². The van der Waals surface area contributed by atoms with Crippen LogP contribution < -0.4 is 0 Å². The predicted octanol–water partition coefficient (Wildman–Crippen LogP) is 1.93. The average molecular weight is 252 g/mol. The molecule has 2 atom stereocenters. The Kier molecular flexibility index (Phi) is 4.01. The monoisotopic (exact) mass is 252 g/mol. The number of ether oxygens (including phenoxy) is 1. The van der Waals surface area contributed by atoms with Gasteiger partial charge in [0.2, 0.25) is 5.91 Å². The number of rotatable bonds is 4. The summed E-state index contributed by atoms with van der Waals surface area (Å²) < 4.78 is 10.1. The van der Waals surface area contributed by atoms with E-state index in [0.717, 1.165) is 30.8 Å². The summed E-state index contributed by atoms with van der Waals surface area (Å²) in [6, 6.07) is 1.98. The average Bonchev–Trinajstić information content (AvgIpc) is 2.96. The smallest absolute Gasteiger partial charge is 0.228 e. The highest BCUT2D eigenvalue weighted by atomic mass is 16.5. The third-order valence-electron chi connectivity index (χ3n) is 3.36. The van der Waals surface area contributed by atoms with Crippen molar-refractivity contribution in [3.05, 3.63) is 17.5 Å². The Bertz CT molecular complexity index is 416. The van der Waals surface area contributed by atoms with E-state index in [0.29, 0.717) is 6.61 Å². The van der Waals surface area contributed by atoms with Gasteiger partial charge in [0.1, 0.15) is 11.5 Å². The van der Waals surface area contributed by atoms with Crippen molar-refractivity contribution in [1.82, 2.24) is 10.1 Å². The molecule has 2 heterocycles. The van der Waals surface area contributed by atoms with E-state index >= 15 is 0 Å². The number of carbonyl (C=O) groups excluding carboxylic acids is 1. The first-order valence-corrected chi connectivity index (χ1v) is 6.36. The number of amides is 1. The van der Waals surface area contributed by atoms with Crippen LogP contribution in [0.5, 0.6) is 0 Å². The number of hydrogen-bond acceptors (Lipinski definition) is 4. The quantitative estimate of drug-likeness (QED) is 0.821. The lowest BCUT2D eigenvalue weighted by Gasteiger charge is -2.25. The van der Waals surface area contributed by atoms with Crippen LogP contribution >= 0.6 is 0 Å². The highest BCUT2D eigenvalue weighted by molar-refractivity contribution is 5.79. The summed E-state index contributed by atoms with van der Waals surface area (Å²) in [6.45, 7) is 5.02. The highest BCUT2D eigenvalue weighted by Gasteiger charge is 2.33. The lowest BCUT2D eigenvalue weighted by molar-refractivity contribution is -0.137. The SMILES string of the molecule is COCC(C)C(=O)N1CCCC1c1cc(C)on1. The van der Waals surface area contributed by atoms with Crippen LogP contribution in [-0.2, 0) is 9.53 Å². The zero-order valence-corrected chi connectivity index (χ0v) is 11.2. The molecular formula is C13H20N2O3. The number of likely N-dealkylation sites (tertiary alicyclic amines) is 1. The Hall–Kier alpha value is -1.36. The molecule has 0 radical (unpaired) electrons. The van der Waals surface area contributed by atoms with Crippen molar-refractivity contribution in [2.24, 2.45) is 5.92 Å². The predicted molar refractivity (Wildman–Crippen MR) is 66.0 cm³/mol. The van der Waals surface area contributed by atoms with Gasteiger partial charge in [-0.05, 0) is 19.8 Å². The molecule has 0 saturated carbocycles. The Balaban J connectivity index is 2.10. The maximum Gasteiger partial charge on any atom is 0.228 e. The van der Waals surface area contributed by atoms with E-state index in [-0.39, 0.29) is 17.9 Å². The fraction of sp³-hybridized carbons (Fsp3) is 0.692. The summed E-state index contributed by atoms with van der Waals surface area (Å²) in [4.78, 5) is 14.2. The maximum atomic E-state index is 12.3. The molecule has 1 amide bonds. The molecule has 0 N–H and O–H groups in total. The minimum atomic E-state index is -0.108. The third kappa shape index (κ3) is 2.56. The maximum absolute atomic E-state index is 12.3. The molecule has 1 aliphatic rings. The van der Waals surface area contributed by atoms with Crippen molar-refractivity contribution in [1.29, 1.82) is 0 Å². The summed E-state index contributed by atoms with van der Waals surface area (Å²) in [5.74, 6) is 0.817.